The van der Waals surface area contributed by atoms with Gasteiger partial charge in [-0.25, -0.2) is 4.98 Å². The summed E-state index contributed by atoms with van der Waals surface area (Å²) in [6.07, 6.45) is 6.95. The zero-order valence-corrected chi connectivity index (χ0v) is 17.4. The third-order valence-corrected chi connectivity index (χ3v) is 6.35. The van der Waals surface area contributed by atoms with E-state index in [1.807, 2.05) is 12.3 Å². The summed E-state index contributed by atoms with van der Waals surface area (Å²) in [5.74, 6) is 2.09. The number of hydrogen-bond acceptors (Lipinski definition) is 4. The first-order valence-corrected chi connectivity index (χ1v) is 10.8. The van der Waals surface area contributed by atoms with Crippen molar-refractivity contribution in [2.75, 3.05) is 46.4 Å². The van der Waals surface area contributed by atoms with Gasteiger partial charge in [0.1, 0.15) is 5.82 Å². The van der Waals surface area contributed by atoms with Gasteiger partial charge in [-0.2, -0.15) is 0 Å². The van der Waals surface area contributed by atoms with Gasteiger partial charge in [-0.1, -0.05) is 30.3 Å². The number of rotatable bonds is 7. The summed E-state index contributed by atoms with van der Waals surface area (Å²) >= 11 is 0. The van der Waals surface area contributed by atoms with Gasteiger partial charge in [0.05, 0.1) is 12.5 Å². The summed E-state index contributed by atoms with van der Waals surface area (Å²) in [6.45, 7) is 6.09. The highest BCUT2D eigenvalue weighted by Gasteiger charge is 2.33. The molecule has 0 aliphatic carbocycles. The fourth-order valence-electron chi connectivity index (χ4n) is 4.67. The molecule has 2 aromatic rings. The molecule has 4 rings (SSSR count). The number of piperidine rings is 1. The van der Waals surface area contributed by atoms with E-state index in [0.29, 0.717) is 11.8 Å². The molecule has 1 aromatic heterocycles. The average Bonchev–Trinajstić information content (AvgIpc) is 3.42. The maximum atomic E-state index is 13.0. The topological polar surface area (TPSA) is 50.6 Å². The number of methoxy groups -OCH3 is 1. The number of benzene rings is 1. The minimum absolute atomic E-state index is 0.156. The molecule has 2 saturated heterocycles. The van der Waals surface area contributed by atoms with Crippen LogP contribution in [0, 0.1) is 5.92 Å². The molecule has 6 heteroatoms. The molecule has 0 N–H and O–H groups in total. The number of aromatic nitrogens is 2. The molecule has 3 heterocycles. The second-order valence-electron chi connectivity index (χ2n) is 8.28. The molecule has 2 aliphatic heterocycles. The fraction of sp³-hybridized carbons (Fsp3) is 0.565. The number of ether oxygens (including phenoxy) is 1. The van der Waals surface area contributed by atoms with Crippen LogP contribution < -0.4 is 0 Å². The second kappa shape index (κ2) is 9.55. The number of hydrogen-bond donors (Lipinski definition) is 0. The zero-order chi connectivity index (χ0) is 20.1. The molecule has 0 saturated carbocycles. The van der Waals surface area contributed by atoms with Gasteiger partial charge in [0.15, 0.2) is 0 Å². The van der Waals surface area contributed by atoms with E-state index in [-0.39, 0.29) is 5.92 Å². The Labute approximate surface area is 173 Å². The summed E-state index contributed by atoms with van der Waals surface area (Å²) in [5.41, 5.74) is 1.29. The van der Waals surface area contributed by atoms with Gasteiger partial charge in [0.25, 0.3) is 0 Å². The van der Waals surface area contributed by atoms with Crippen LogP contribution >= 0.6 is 0 Å². The Balaban J connectivity index is 1.30. The van der Waals surface area contributed by atoms with Crippen molar-refractivity contribution in [3.8, 4) is 0 Å². The third-order valence-electron chi connectivity index (χ3n) is 6.35. The van der Waals surface area contributed by atoms with Crippen molar-refractivity contribution >= 4 is 5.91 Å². The van der Waals surface area contributed by atoms with Crippen molar-refractivity contribution < 1.29 is 9.53 Å². The normalized spacial score (nSPS) is 21.0. The van der Waals surface area contributed by atoms with E-state index < -0.39 is 0 Å². The summed E-state index contributed by atoms with van der Waals surface area (Å²) in [4.78, 5) is 22.1. The van der Waals surface area contributed by atoms with Crippen LogP contribution in [0.4, 0.5) is 0 Å². The van der Waals surface area contributed by atoms with Crippen LogP contribution in [-0.2, 0) is 16.1 Å². The molecule has 1 aromatic carbocycles. The van der Waals surface area contributed by atoms with E-state index >= 15 is 0 Å². The molecular formula is C23H32N4O2. The lowest BCUT2D eigenvalue weighted by molar-refractivity contribution is -0.136. The van der Waals surface area contributed by atoms with Gasteiger partial charge in [-0.05, 0) is 31.4 Å². The van der Waals surface area contributed by atoms with E-state index in [0.717, 1.165) is 71.0 Å². The molecular weight excluding hydrogens is 364 g/mol. The van der Waals surface area contributed by atoms with Gasteiger partial charge in [-0.3, -0.25) is 4.79 Å². The maximum Gasteiger partial charge on any atom is 0.227 e. The van der Waals surface area contributed by atoms with Crippen LogP contribution in [0.5, 0.6) is 0 Å². The molecule has 0 radical (unpaired) electrons. The maximum absolute atomic E-state index is 13.0. The van der Waals surface area contributed by atoms with Crippen LogP contribution in [0.25, 0.3) is 0 Å². The fourth-order valence-corrected chi connectivity index (χ4v) is 4.67. The number of carbonyl (C=O) groups excluding carboxylic acids is 1. The van der Waals surface area contributed by atoms with Crippen molar-refractivity contribution in [3.63, 3.8) is 0 Å². The number of imidazole rings is 1. The number of likely N-dealkylation sites (tertiary alicyclic amines) is 2. The molecule has 156 valence electrons. The summed E-state index contributed by atoms with van der Waals surface area (Å²) in [7, 11) is 1.73. The van der Waals surface area contributed by atoms with E-state index in [1.54, 1.807) is 7.11 Å². The SMILES string of the molecule is COCCN1CC[C@H](C(=O)N2CCC(c3nccn3Cc3ccccc3)CC2)C1. The monoisotopic (exact) mass is 396 g/mol. The number of carbonyl (C=O) groups is 1. The summed E-state index contributed by atoms with van der Waals surface area (Å²) in [5, 5.41) is 0. The lowest BCUT2D eigenvalue weighted by Crippen LogP contribution is -2.42. The predicted molar refractivity (Wildman–Crippen MR) is 113 cm³/mol. The molecule has 6 nitrogen and oxygen atoms in total. The lowest BCUT2D eigenvalue weighted by atomic mass is 9.94. The van der Waals surface area contributed by atoms with Crippen molar-refractivity contribution in [2.45, 2.75) is 31.7 Å². The molecule has 0 bridgehead atoms. The van der Waals surface area contributed by atoms with E-state index in [1.165, 1.54) is 5.56 Å². The summed E-state index contributed by atoms with van der Waals surface area (Å²) in [6, 6.07) is 10.5. The molecule has 1 amide bonds. The minimum Gasteiger partial charge on any atom is -0.383 e. The van der Waals surface area contributed by atoms with Crippen LogP contribution in [0.2, 0.25) is 0 Å². The molecule has 2 aliphatic rings. The largest absolute Gasteiger partial charge is 0.383 e. The third kappa shape index (κ3) is 4.87. The summed E-state index contributed by atoms with van der Waals surface area (Å²) < 4.78 is 7.43. The zero-order valence-electron chi connectivity index (χ0n) is 17.4. The van der Waals surface area contributed by atoms with E-state index in [9.17, 15) is 4.79 Å². The molecule has 0 spiro atoms. The van der Waals surface area contributed by atoms with E-state index in [4.69, 9.17) is 4.74 Å². The van der Waals surface area contributed by atoms with Crippen molar-refractivity contribution in [3.05, 3.63) is 54.1 Å². The second-order valence-corrected chi connectivity index (χ2v) is 8.28. The van der Waals surface area contributed by atoms with Crippen LogP contribution in [0.3, 0.4) is 0 Å². The quantitative estimate of drug-likeness (QED) is 0.722. The molecule has 0 unspecified atom stereocenters. The molecule has 2 fully saturated rings. The average molecular weight is 397 g/mol. The van der Waals surface area contributed by atoms with Crippen molar-refractivity contribution in [1.82, 2.24) is 19.4 Å². The smallest absolute Gasteiger partial charge is 0.227 e. The number of amides is 1. The Bertz CT molecular complexity index is 783. The Kier molecular flexibility index (Phi) is 6.62. The Morgan fingerprint density at radius 1 is 1.14 bits per heavy atom. The Hall–Kier alpha value is -2.18. The van der Waals surface area contributed by atoms with Crippen molar-refractivity contribution in [1.29, 1.82) is 0 Å². The minimum atomic E-state index is 0.156. The number of nitrogens with zero attached hydrogens (tertiary/aromatic N) is 4. The van der Waals surface area contributed by atoms with Gasteiger partial charge in [0.2, 0.25) is 5.91 Å². The standard InChI is InChI=1S/C23H32N4O2/c1-29-16-15-25-11-7-21(18-25)23(28)26-12-8-20(9-13-26)22-24-10-14-27(22)17-19-5-3-2-4-6-19/h2-6,10,14,20-21H,7-9,11-13,15-18H2,1H3/t21-/m0/s1. The van der Waals surface area contributed by atoms with Crippen LogP contribution in [-0.4, -0.2) is 71.7 Å². The van der Waals surface area contributed by atoms with Crippen molar-refractivity contribution in [2.24, 2.45) is 5.92 Å². The molecule has 29 heavy (non-hydrogen) atoms. The van der Waals surface area contributed by atoms with Gasteiger partial charge >= 0.3 is 0 Å². The lowest BCUT2D eigenvalue weighted by Gasteiger charge is -2.33. The predicted octanol–water partition coefficient (Wildman–Crippen LogP) is 2.61. The first-order chi connectivity index (χ1) is 14.2. The van der Waals surface area contributed by atoms with Gasteiger partial charge < -0.3 is 19.1 Å². The highest BCUT2D eigenvalue weighted by molar-refractivity contribution is 5.79. The Morgan fingerprint density at radius 2 is 1.93 bits per heavy atom. The highest BCUT2D eigenvalue weighted by atomic mass is 16.5. The van der Waals surface area contributed by atoms with Crippen LogP contribution in [0.1, 0.15) is 36.6 Å². The van der Waals surface area contributed by atoms with Gasteiger partial charge in [0, 0.05) is 58.1 Å². The first-order valence-electron chi connectivity index (χ1n) is 10.8. The van der Waals surface area contributed by atoms with Gasteiger partial charge in [-0.15, -0.1) is 0 Å². The van der Waals surface area contributed by atoms with E-state index in [2.05, 4.69) is 49.8 Å². The first kappa shape index (κ1) is 20.1. The Morgan fingerprint density at radius 3 is 2.69 bits per heavy atom. The van der Waals surface area contributed by atoms with Crippen LogP contribution in [0.15, 0.2) is 42.7 Å². The highest BCUT2D eigenvalue weighted by Crippen LogP contribution is 2.29. The molecule has 1 atom stereocenters.